The van der Waals surface area contributed by atoms with Gasteiger partial charge in [0.15, 0.2) is 5.78 Å². The van der Waals surface area contributed by atoms with Crippen molar-refractivity contribution >= 4 is 5.78 Å². The van der Waals surface area contributed by atoms with Crippen LogP contribution in [0.4, 0.5) is 0 Å². The van der Waals surface area contributed by atoms with E-state index in [1.165, 1.54) is 6.42 Å². The Kier molecular flexibility index (Phi) is 2.42. The molecule has 0 aliphatic heterocycles. The molecular formula is C11H16N2O. The zero-order valence-electron chi connectivity index (χ0n) is 8.47. The number of aromatic amines is 1. The zero-order chi connectivity index (χ0) is 10.0. The number of hydrogen-bond acceptors (Lipinski definition) is 2. The van der Waals surface area contributed by atoms with Gasteiger partial charge < -0.3 is 10.3 Å². The number of nitrogens with one attached hydrogen (secondary N) is 2. The minimum absolute atomic E-state index is 0.114. The molecule has 76 valence electrons. The van der Waals surface area contributed by atoms with Gasteiger partial charge >= 0.3 is 0 Å². The summed E-state index contributed by atoms with van der Waals surface area (Å²) in [6.07, 6.45) is 6.82. The average molecular weight is 192 g/mol. The van der Waals surface area contributed by atoms with Crippen molar-refractivity contribution in [1.82, 2.24) is 10.3 Å². The maximum Gasteiger partial charge on any atom is 0.171 e. The molecule has 0 spiro atoms. The van der Waals surface area contributed by atoms with Crippen molar-refractivity contribution in [3.63, 3.8) is 0 Å². The van der Waals surface area contributed by atoms with Crippen LogP contribution < -0.4 is 5.32 Å². The van der Waals surface area contributed by atoms with Crippen molar-refractivity contribution in [3.8, 4) is 0 Å². The highest BCUT2D eigenvalue weighted by Crippen LogP contribution is 2.42. The lowest BCUT2D eigenvalue weighted by molar-refractivity contribution is 0.0614. The first-order chi connectivity index (χ1) is 6.78. The van der Waals surface area contributed by atoms with Gasteiger partial charge in [-0.05, 0) is 26.0 Å². The Morgan fingerprint density at radius 1 is 1.64 bits per heavy atom. The Hall–Kier alpha value is -1.09. The van der Waals surface area contributed by atoms with Crippen LogP contribution in [0, 0.1) is 5.41 Å². The summed E-state index contributed by atoms with van der Waals surface area (Å²) >= 11 is 0. The van der Waals surface area contributed by atoms with E-state index in [2.05, 4.69) is 10.3 Å². The van der Waals surface area contributed by atoms with E-state index in [0.717, 1.165) is 24.9 Å². The summed E-state index contributed by atoms with van der Waals surface area (Å²) in [5.74, 6) is 0.291. The summed E-state index contributed by atoms with van der Waals surface area (Å²) in [5.41, 5.74) is 0.705. The van der Waals surface area contributed by atoms with Crippen molar-refractivity contribution in [2.75, 3.05) is 13.6 Å². The van der Waals surface area contributed by atoms with Gasteiger partial charge in [-0.1, -0.05) is 6.42 Å². The monoisotopic (exact) mass is 192 g/mol. The van der Waals surface area contributed by atoms with Gasteiger partial charge in [0.2, 0.25) is 0 Å². The number of ketones is 1. The molecule has 0 unspecified atom stereocenters. The molecular weight excluding hydrogens is 176 g/mol. The highest BCUT2D eigenvalue weighted by Gasteiger charge is 2.43. The molecule has 3 nitrogen and oxygen atoms in total. The van der Waals surface area contributed by atoms with Gasteiger partial charge in [0.1, 0.15) is 0 Å². The summed E-state index contributed by atoms with van der Waals surface area (Å²) in [6, 6.07) is 1.86. The molecule has 1 saturated carbocycles. The number of aromatic nitrogens is 1. The van der Waals surface area contributed by atoms with E-state index in [4.69, 9.17) is 0 Å². The Balaban J connectivity index is 2.16. The van der Waals surface area contributed by atoms with Gasteiger partial charge in [0, 0.05) is 29.9 Å². The summed E-state index contributed by atoms with van der Waals surface area (Å²) in [4.78, 5) is 15.1. The molecule has 1 heterocycles. The third kappa shape index (κ3) is 1.38. The number of carbonyl (C=O) groups excluding carboxylic acids is 1. The van der Waals surface area contributed by atoms with Gasteiger partial charge in [0.25, 0.3) is 0 Å². The lowest BCUT2D eigenvalue weighted by Gasteiger charge is -2.40. The van der Waals surface area contributed by atoms with Gasteiger partial charge in [-0.15, -0.1) is 0 Å². The van der Waals surface area contributed by atoms with E-state index in [1.807, 2.05) is 13.1 Å². The highest BCUT2D eigenvalue weighted by molar-refractivity contribution is 6.01. The summed E-state index contributed by atoms with van der Waals surface area (Å²) < 4.78 is 0. The minimum atomic E-state index is -0.114. The summed E-state index contributed by atoms with van der Waals surface area (Å²) in [5, 5.41) is 3.12. The lowest BCUT2D eigenvalue weighted by atomic mass is 9.64. The molecule has 3 heteroatoms. The SMILES string of the molecule is CNCC1(C(=O)c2cc[nH]c2)CCC1. The minimum Gasteiger partial charge on any atom is -0.367 e. The fourth-order valence-corrected chi connectivity index (χ4v) is 2.20. The van der Waals surface area contributed by atoms with Crippen LogP contribution in [0.15, 0.2) is 18.5 Å². The van der Waals surface area contributed by atoms with E-state index in [9.17, 15) is 4.79 Å². The van der Waals surface area contributed by atoms with Crippen LogP contribution >= 0.6 is 0 Å². The Labute approximate surface area is 83.9 Å². The molecule has 0 bridgehead atoms. The molecule has 0 aromatic carbocycles. The van der Waals surface area contributed by atoms with E-state index in [-0.39, 0.29) is 5.41 Å². The lowest BCUT2D eigenvalue weighted by Crippen LogP contribution is -2.45. The van der Waals surface area contributed by atoms with E-state index >= 15 is 0 Å². The summed E-state index contributed by atoms with van der Waals surface area (Å²) in [7, 11) is 1.91. The molecule has 2 rings (SSSR count). The third-order valence-electron chi connectivity index (χ3n) is 3.17. The number of carbonyl (C=O) groups is 1. The van der Waals surface area contributed by atoms with Crippen LogP contribution in [0.5, 0.6) is 0 Å². The second kappa shape index (κ2) is 3.58. The highest BCUT2D eigenvalue weighted by atomic mass is 16.1. The Morgan fingerprint density at radius 3 is 2.86 bits per heavy atom. The molecule has 1 aliphatic carbocycles. The Bertz CT molecular complexity index is 312. The molecule has 1 aromatic rings. The molecule has 14 heavy (non-hydrogen) atoms. The zero-order valence-corrected chi connectivity index (χ0v) is 8.47. The average Bonchev–Trinajstić information content (AvgIpc) is 2.62. The van der Waals surface area contributed by atoms with Crippen molar-refractivity contribution in [2.24, 2.45) is 5.41 Å². The molecule has 1 aromatic heterocycles. The second-order valence-corrected chi connectivity index (χ2v) is 4.09. The summed E-state index contributed by atoms with van der Waals surface area (Å²) in [6.45, 7) is 0.803. The molecule has 0 amide bonds. The van der Waals surface area contributed by atoms with Gasteiger partial charge in [-0.2, -0.15) is 0 Å². The standard InChI is InChI=1S/C11H16N2O/c1-12-8-11(4-2-5-11)10(14)9-3-6-13-7-9/h3,6-7,12-13H,2,4-5,8H2,1H3. The largest absolute Gasteiger partial charge is 0.367 e. The molecule has 2 N–H and O–H groups in total. The van der Waals surface area contributed by atoms with Crippen LogP contribution in [0.1, 0.15) is 29.6 Å². The van der Waals surface area contributed by atoms with E-state index < -0.39 is 0 Å². The number of Topliss-reactive ketones (excluding diaryl/α,β-unsaturated/α-hetero) is 1. The maximum atomic E-state index is 12.1. The van der Waals surface area contributed by atoms with Crippen molar-refractivity contribution < 1.29 is 4.79 Å². The molecule has 0 saturated heterocycles. The first kappa shape index (κ1) is 9.46. The fourth-order valence-electron chi connectivity index (χ4n) is 2.20. The van der Waals surface area contributed by atoms with Crippen LogP contribution in [0.2, 0.25) is 0 Å². The maximum absolute atomic E-state index is 12.1. The van der Waals surface area contributed by atoms with Crippen molar-refractivity contribution in [3.05, 3.63) is 24.0 Å². The molecule has 0 atom stereocenters. The van der Waals surface area contributed by atoms with Crippen LogP contribution in [-0.4, -0.2) is 24.4 Å². The van der Waals surface area contributed by atoms with E-state index in [0.29, 0.717) is 5.78 Å². The smallest absolute Gasteiger partial charge is 0.171 e. The molecule has 1 fully saturated rings. The van der Waals surface area contributed by atoms with Crippen LogP contribution in [0.3, 0.4) is 0 Å². The van der Waals surface area contributed by atoms with Crippen molar-refractivity contribution in [1.29, 1.82) is 0 Å². The number of hydrogen-bond donors (Lipinski definition) is 2. The number of H-pyrrole nitrogens is 1. The topological polar surface area (TPSA) is 44.9 Å². The van der Waals surface area contributed by atoms with Gasteiger partial charge in [0.05, 0.1) is 0 Å². The van der Waals surface area contributed by atoms with E-state index in [1.54, 1.807) is 12.4 Å². The molecule has 0 radical (unpaired) electrons. The Morgan fingerprint density at radius 2 is 2.43 bits per heavy atom. The fraction of sp³-hybridized carbons (Fsp3) is 0.545. The van der Waals surface area contributed by atoms with Gasteiger partial charge in [-0.25, -0.2) is 0 Å². The van der Waals surface area contributed by atoms with Crippen molar-refractivity contribution in [2.45, 2.75) is 19.3 Å². The van der Waals surface area contributed by atoms with Gasteiger partial charge in [-0.3, -0.25) is 4.79 Å². The first-order valence-electron chi connectivity index (χ1n) is 5.11. The normalized spacial score (nSPS) is 18.9. The molecule has 1 aliphatic rings. The predicted molar refractivity (Wildman–Crippen MR) is 55.3 cm³/mol. The van der Waals surface area contributed by atoms with Crippen LogP contribution in [0.25, 0.3) is 0 Å². The second-order valence-electron chi connectivity index (χ2n) is 4.09. The predicted octanol–water partition coefficient (Wildman–Crippen LogP) is 1.59. The first-order valence-corrected chi connectivity index (χ1v) is 5.11. The number of rotatable bonds is 4. The quantitative estimate of drug-likeness (QED) is 0.711. The third-order valence-corrected chi connectivity index (χ3v) is 3.17. The van der Waals surface area contributed by atoms with Crippen LogP contribution in [-0.2, 0) is 0 Å².